The molecule has 2 heterocycles. The number of aromatic nitrogens is 4. The van der Waals surface area contributed by atoms with E-state index in [1.165, 1.54) is 0 Å². The first-order chi connectivity index (χ1) is 30.6. The van der Waals surface area contributed by atoms with E-state index in [4.69, 9.17) is 19.9 Å². The highest BCUT2D eigenvalue weighted by molar-refractivity contribution is 5.87. The molecule has 0 atom stereocenters. The lowest BCUT2D eigenvalue weighted by atomic mass is 9.93. The van der Waals surface area contributed by atoms with Crippen LogP contribution in [0.4, 0.5) is 0 Å². The van der Waals surface area contributed by atoms with Crippen molar-refractivity contribution < 1.29 is 0 Å². The smallest absolute Gasteiger partial charge is 0.160 e. The maximum Gasteiger partial charge on any atom is 0.160 e. The lowest BCUT2D eigenvalue weighted by Gasteiger charge is -2.14. The molecule has 0 amide bonds. The summed E-state index contributed by atoms with van der Waals surface area (Å²) in [5.41, 5.74) is 16.3. The second kappa shape index (κ2) is 16.9. The molecule has 0 unspecified atom stereocenters. The van der Waals surface area contributed by atoms with Gasteiger partial charge in [0.25, 0.3) is 0 Å². The highest BCUT2D eigenvalue weighted by atomic mass is 14.9. The Morgan fingerprint density at radius 2 is 0.645 bits per heavy atom. The van der Waals surface area contributed by atoms with Gasteiger partial charge in [-0.15, -0.1) is 0 Å². The quantitative estimate of drug-likeness (QED) is 0.145. The first kappa shape index (κ1) is 37.7. The number of hydrogen-bond donors (Lipinski definition) is 0. The average Bonchev–Trinajstić information content (AvgIpc) is 3.37. The Morgan fingerprint density at radius 1 is 0.258 bits per heavy atom. The minimum atomic E-state index is 0.632. The Hall–Kier alpha value is -8.59. The van der Waals surface area contributed by atoms with Crippen molar-refractivity contribution in [2.45, 2.75) is 0 Å². The Bertz CT molecular complexity index is 3170. The van der Waals surface area contributed by atoms with Crippen LogP contribution < -0.4 is 0 Å². The van der Waals surface area contributed by atoms with Crippen LogP contribution in [-0.2, 0) is 0 Å². The molecule has 0 bridgehead atoms. The van der Waals surface area contributed by atoms with Crippen LogP contribution in [0.1, 0.15) is 5.56 Å². The van der Waals surface area contributed by atoms with Crippen molar-refractivity contribution in [3.63, 3.8) is 0 Å². The number of benzene rings is 8. The molecule has 290 valence electrons. The summed E-state index contributed by atoms with van der Waals surface area (Å²) in [6.07, 6.45) is 0. The number of nitrogens with zero attached hydrogens (tertiary/aromatic N) is 5. The topological polar surface area (TPSA) is 75.3 Å². The number of hydrogen-bond acceptors (Lipinski definition) is 5. The van der Waals surface area contributed by atoms with Gasteiger partial charge < -0.3 is 0 Å². The second-order valence-electron chi connectivity index (χ2n) is 15.0. The average molecular weight is 792 g/mol. The summed E-state index contributed by atoms with van der Waals surface area (Å²) in [6.45, 7) is 0. The lowest BCUT2D eigenvalue weighted by molar-refractivity contribution is 1.18. The molecule has 0 fully saturated rings. The Kier molecular flexibility index (Phi) is 10.3. The first-order valence-electron chi connectivity index (χ1n) is 20.5. The zero-order valence-corrected chi connectivity index (χ0v) is 33.6. The van der Waals surface area contributed by atoms with Crippen LogP contribution >= 0.6 is 0 Å². The summed E-state index contributed by atoms with van der Waals surface area (Å²) in [6, 6.07) is 78.7. The standard InChI is InChI=1S/C57H37N5/c58-38-39-29-31-40(32-30-39)44-21-13-25-48(34-44)54-37-55(62-56(61-54)43-19-8-3-9-20-43)51-28-11-10-27-50(51)47-24-12-22-45(33-47)46-23-14-26-49(35-46)57-59-52(41-15-4-1-5-16-41)36-53(60-57)42-17-6-2-7-18-42/h1-37H. The van der Waals surface area contributed by atoms with Crippen molar-refractivity contribution in [3.8, 4) is 107 Å². The molecule has 8 aromatic carbocycles. The van der Waals surface area contributed by atoms with Gasteiger partial charge in [-0.05, 0) is 75.8 Å². The fourth-order valence-corrected chi connectivity index (χ4v) is 7.80. The van der Waals surface area contributed by atoms with Crippen LogP contribution in [0.25, 0.3) is 101 Å². The molecule has 0 aliphatic rings. The van der Waals surface area contributed by atoms with Crippen LogP contribution in [0.2, 0.25) is 0 Å². The summed E-state index contributed by atoms with van der Waals surface area (Å²) in [5.74, 6) is 1.32. The van der Waals surface area contributed by atoms with Crippen molar-refractivity contribution in [1.82, 2.24) is 19.9 Å². The monoisotopic (exact) mass is 791 g/mol. The van der Waals surface area contributed by atoms with Gasteiger partial charge in [-0.25, -0.2) is 19.9 Å². The van der Waals surface area contributed by atoms with Gasteiger partial charge in [0.1, 0.15) is 0 Å². The van der Waals surface area contributed by atoms with Crippen molar-refractivity contribution in [2.24, 2.45) is 0 Å². The molecule has 5 heteroatoms. The Balaban J connectivity index is 1.04. The third kappa shape index (κ3) is 7.92. The van der Waals surface area contributed by atoms with E-state index in [2.05, 4.69) is 140 Å². The van der Waals surface area contributed by atoms with Gasteiger partial charge in [0.2, 0.25) is 0 Å². The number of nitriles is 1. The summed E-state index contributed by atoms with van der Waals surface area (Å²) >= 11 is 0. The predicted octanol–water partition coefficient (Wildman–Crippen LogP) is 14.1. The van der Waals surface area contributed by atoms with Gasteiger partial charge in [0.05, 0.1) is 34.4 Å². The third-order valence-electron chi connectivity index (χ3n) is 11.0. The largest absolute Gasteiger partial charge is 0.228 e. The molecule has 5 nitrogen and oxygen atoms in total. The summed E-state index contributed by atoms with van der Waals surface area (Å²) in [7, 11) is 0. The van der Waals surface area contributed by atoms with Crippen LogP contribution in [0.5, 0.6) is 0 Å². The van der Waals surface area contributed by atoms with E-state index in [9.17, 15) is 5.26 Å². The summed E-state index contributed by atoms with van der Waals surface area (Å²) < 4.78 is 0. The van der Waals surface area contributed by atoms with Gasteiger partial charge in [0.15, 0.2) is 11.6 Å². The van der Waals surface area contributed by atoms with E-state index in [0.717, 1.165) is 89.5 Å². The second-order valence-corrected chi connectivity index (χ2v) is 15.0. The molecule has 62 heavy (non-hydrogen) atoms. The SMILES string of the molecule is N#Cc1ccc(-c2cccc(-c3cc(-c4ccccc4-c4cccc(-c5cccc(-c6nc(-c7ccccc7)cc(-c7ccccc7)n6)c5)c4)nc(-c4ccccc4)n3)c2)cc1. The van der Waals surface area contributed by atoms with Gasteiger partial charge >= 0.3 is 0 Å². The molecule has 0 aliphatic heterocycles. The third-order valence-corrected chi connectivity index (χ3v) is 11.0. The zero-order valence-electron chi connectivity index (χ0n) is 33.6. The number of rotatable bonds is 9. The van der Waals surface area contributed by atoms with Crippen molar-refractivity contribution in [3.05, 3.63) is 230 Å². The fourth-order valence-electron chi connectivity index (χ4n) is 7.80. The Morgan fingerprint density at radius 3 is 1.24 bits per heavy atom. The molecule has 0 saturated heterocycles. The zero-order chi connectivity index (χ0) is 41.7. The molecule has 0 N–H and O–H groups in total. The normalized spacial score (nSPS) is 10.9. The first-order valence-corrected chi connectivity index (χ1v) is 20.5. The van der Waals surface area contributed by atoms with E-state index in [1.807, 2.05) is 91.0 Å². The van der Waals surface area contributed by atoms with E-state index < -0.39 is 0 Å². The highest BCUT2D eigenvalue weighted by Gasteiger charge is 2.16. The molecule has 10 aromatic rings. The van der Waals surface area contributed by atoms with Gasteiger partial charge in [-0.1, -0.05) is 182 Å². The van der Waals surface area contributed by atoms with Crippen molar-refractivity contribution >= 4 is 0 Å². The van der Waals surface area contributed by atoms with Crippen LogP contribution in [0, 0.1) is 11.3 Å². The minimum absolute atomic E-state index is 0.632. The summed E-state index contributed by atoms with van der Waals surface area (Å²) in [5, 5.41) is 9.35. The molecule has 0 radical (unpaired) electrons. The Labute approximate surface area is 361 Å². The van der Waals surface area contributed by atoms with Crippen LogP contribution in [0.15, 0.2) is 224 Å². The highest BCUT2D eigenvalue weighted by Crippen LogP contribution is 2.37. The van der Waals surface area contributed by atoms with E-state index in [0.29, 0.717) is 17.2 Å². The summed E-state index contributed by atoms with van der Waals surface area (Å²) in [4.78, 5) is 20.5. The molecule has 0 aliphatic carbocycles. The predicted molar refractivity (Wildman–Crippen MR) is 251 cm³/mol. The fraction of sp³-hybridized carbons (Fsp3) is 0. The molecular formula is C57H37N5. The van der Waals surface area contributed by atoms with Crippen LogP contribution in [0.3, 0.4) is 0 Å². The van der Waals surface area contributed by atoms with E-state index in [-0.39, 0.29) is 0 Å². The van der Waals surface area contributed by atoms with E-state index in [1.54, 1.807) is 0 Å². The van der Waals surface area contributed by atoms with Crippen LogP contribution in [-0.4, -0.2) is 19.9 Å². The maximum atomic E-state index is 9.35. The van der Waals surface area contributed by atoms with Gasteiger partial charge in [-0.3, -0.25) is 0 Å². The lowest BCUT2D eigenvalue weighted by Crippen LogP contribution is -1.97. The van der Waals surface area contributed by atoms with Crippen molar-refractivity contribution in [2.75, 3.05) is 0 Å². The van der Waals surface area contributed by atoms with Crippen molar-refractivity contribution in [1.29, 1.82) is 5.26 Å². The van der Waals surface area contributed by atoms with Gasteiger partial charge in [-0.2, -0.15) is 5.26 Å². The minimum Gasteiger partial charge on any atom is -0.228 e. The maximum absolute atomic E-state index is 9.35. The van der Waals surface area contributed by atoms with E-state index >= 15 is 0 Å². The molecule has 0 spiro atoms. The molecule has 10 rings (SSSR count). The molecule has 2 aromatic heterocycles. The molecule has 0 saturated carbocycles. The van der Waals surface area contributed by atoms with Gasteiger partial charge in [0, 0.05) is 33.4 Å². The molecular weight excluding hydrogens is 755 g/mol.